The zero-order valence-electron chi connectivity index (χ0n) is 11.4. The van der Waals surface area contributed by atoms with Gasteiger partial charge in [-0.25, -0.2) is 9.37 Å². The first kappa shape index (κ1) is 13.8. The molecule has 0 atom stereocenters. The summed E-state index contributed by atoms with van der Waals surface area (Å²) >= 11 is 6.18. The molecule has 0 saturated carbocycles. The lowest BCUT2D eigenvalue weighted by atomic mass is 10.1. The van der Waals surface area contributed by atoms with Crippen molar-refractivity contribution in [3.05, 3.63) is 70.6 Å². The molecule has 4 heteroatoms. The summed E-state index contributed by atoms with van der Waals surface area (Å²) in [6.45, 7) is 2.12. The van der Waals surface area contributed by atoms with E-state index in [-0.39, 0.29) is 12.4 Å². The van der Waals surface area contributed by atoms with Crippen LogP contribution < -0.4 is 4.74 Å². The van der Waals surface area contributed by atoms with Gasteiger partial charge in [-0.1, -0.05) is 35.9 Å². The minimum Gasteiger partial charge on any atom is -0.488 e. The van der Waals surface area contributed by atoms with Crippen LogP contribution in [0.3, 0.4) is 0 Å². The van der Waals surface area contributed by atoms with E-state index in [1.807, 2.05) is 37.3 Å². The fraction of sp³-hybridized carbons (Fsp3) is 0.118. The molecule has 0 saturated heterocycles. The van der Waals surface area contributed by atoms with E-state index in [2.05, 4.69) is 4.98 Å². The van der Waals surface area contributed by atoms with Crippen molar-refractivity contribution in [3.63, 3.8) is 0 Å². The molecule has 0 N–H and O–H groups in total. The molecule has 0 unspecified atom stereocenters. The van der Waals surface area contributed by atoms with Crippen molar-refractivity contribution in [2.75, 3.05) is 0 Å². The lowest BCUT2D eigenvalue weighted by molar-refractivity contribution is 0.302. The largest absolute Gasteiger partial charge is 0.488 e. The number of halogens is 2. The number of ether oxygens (including phenoxy) is 1. The first-order chi connectivity index (χ1) is 10.1. The molecule has 0 spiro atoms. The summed E-state index contributed by atoms with van der Waals surface area (Å²) in [6.07, 6.45) is 0. The Morgan fingerprint density at radius 3 is 2.81 bits per heavy atom. The number of para-hydroxylation sites is 1. The number of pyridine rings is 1. The minimum atomic E-state index is -0.321. The van der Waals surface area contributed by atoms with Crippen molar-refractivity contribution >= 4 is 22.5 Å². The summed E-state index contributed by atoms with van der Waals surface area (Å²) in [5.74, 6) is 0.192. The van der Waals surface area contributed by atoms with E-state index in [1.165, 1.54) is 12.1 Å². The van der Waals surface area contributed by atoms with Gasteiger partial charge >= 0.3 is 0 Å². The first-order valence-corrected chi connectivity index (χ1v) is 6.94. The molecule has 1 aromatic heterocycles. The maximum absolute atomic E-state index is 13.2. The van der Waals surface area contributed by atoms with Crippen LogP contribution in [0.4, 0.5) is 4.39 Å². The van der Waals surface area contributed by atoms with Gasteiger partial charge in [-0.3, -0.25) is 0 Å². The van der Waals surface area contributed by atoms with E-state index >= 15 is 0 Å². The minimum absolute atomic E-state index is 0.251. The van der Waals surface area contributed by atoms with Crippen LogP contribution in [-0.2, 0) is 6.61 Å². The molecule has 21 heavy (non-hydrogen) atoms. The van der Waals surface area contributed by atoms with E-state index in [0.29, 0.717) is 10.9 Å². The molecule has 0 aliphatic heterocycles. The molecule has 0 radical (unpaired) electrons. The van der Waals surface area contributed by atoms with Crippen molar-refractivity contribution in [1.82, 2.24) is 4.98 Å². The second-order valence-corrected chi connectivity index (χ2v) is 5.19. The van der Waals surface area contributed by atoms with Gasteiger partial charge in [0.05, 0.1) is 5.52 Å². The van der Waals surface area contributed by atoms with Crippen molar-refractivity contribution in [3.8, 4) is 5.75 Å². The van der Waals surface area contributed by atoms with Gasteiger partial charge < -0.3 is 4.74 Å². The molecule has 2 nitrogen and oxygen atoms in total. The predicted molar refractivity (Wildman–Crippen MR) is 82.2 cm³/mol. The Kier molecular flexibility index (Phi) is 3.76. The van der Waals surface area contributed by atoms with Crippen LogP contribution in [0, 0.1) is 12.7 Å². The molecular weight excluding hydrogens is 289 g/mol. The normalized spacial score (nSPS) is 10.8. The van der Waals surface area contributed by atoms with Gasteiger partial charge in [0.25, 0.3) is 0 Å². The average Bonchev–Trinajstić information content (AvgIpc) is 2.48. The lowest BCUT2D eigenvalue weighted by Crippen LogP contribution is -1.99. The van der Waals surface area contributed by atoms with E-state index in [9.17, 15) is 4.39 Å². The Morgan fingerprint density at radius 2 is 1.95 bits per heavy atom. The van der Waals surface area contributed by atoms with Gasteiger partial charge in [0.1, 0.15) is 23.3 Å². The Morgan fingerprint density at radius 1 is 1.14 bits per heavy atom. The molecule has 3 aromatic rings. The van der Waals surface area contributed by atoms with Crippen LogP contribution in [0.15, 0.2) is 48.5 Å². The number of aromatic nitrogens is 1. The zero-order valence-corrected chi connectivity index (χ0v) is 12.2. The fourth-order valence-corrected chi connectivity index (χ4v) is 2.32. The third kappa shape index (κ3) is 2.98. The molecule has 0 bridgehead atoms. The molecule has 2 aromatic carbocycles. The van der Waals surface area contributed by atoms with Crippen LogP contribution in [0.25, 0.3) is 10.9 Å². The average molecular weight is 302 g/mol. The number of aryl methyl sites for hydroxylation is 1. The maximum atomic E-state index is 13.2. The van der Waals surface area contributed by atoms with Gasteiger partial charge in [0, 0.05) is 17.0 Å². The quantitative estimate of drug-likeness (QED) is 0.641. The van der Waals surface area contributed by atoms with E-state index in [0.717, 1.165) is 22.0 Å². The Labute approximate surface area is 127 Å². The van der Waals surface area contributed by atoms with Gasteiger partial charge in [0.2, 0.25) is 0 Å². The van der Waals surface area contributed by atoms with E-state index in [4.69, 9.17) is 16.3 Å². The number of nitrogens with zero attached hydrogens (tertiary/aromatic N) is 1. The summed E-state index contributed by atoms with van der Waals surface area (Å²) in [4.78, 5) is 4.34. The summed E-state index contributed by atoms with van der Waals surface area (Å²) in [5, 5.41) is 1.40. The molecule has 1 heterocycles. The Bertz CT molecular complexity index is 804. The summed E-state index contributed by atoms with van der Waals surface area (Å²) < 4.78 is 18.9. The number of fused-ring (bicyclic) bond motifs is 1. The van der Waals surface area contributed by atoms with Crippen LogP contribution >= 0.6 is 11.6 Å². The smallest absolute Gasteiger partial charge is 0.136 e. The second-order valence-electron chi connectivity index (χ2n) is 4.83. The lowest BCUT2D eigenvalue weighted by Gasteiger charge is -2.11. The topological polar surface area (TPSA) is 22.1 Å². The number of hydrogen-bond donors (Lipinski definition) is 0. The van der Waals surface area contributed by atoms with E-state index in [1.54, 1.807) is 6.07 Å². The van der Waals surface area contributed by atoms with Crippen molar-refractivity contribution in [2.45, 2.75) is 13.5 Å². The van der Waals surface area contributed by atoms with Crippen LogP contribution in [0.1, 0.15) is 11.1 Å². The highest BCUT2D eigenvalue weighted by Gasteiger charge is 2.07. The van der Waals surface area contributed by atoms with Gasteiger partial charge in [-0.15, -0.1) is 0 Å². The van der Waals surface area contributed by atoms with Crippen LogP contribution in [-0.4, -0.2) is 4.98 Å². The van der Waals surface area contributed by atoms with Gasteiger partial charge in [0.15, 0.2) is 0 Å². The van der Waals surface area contributed by atoms with Gasteiger partial charge in [-0.05, 0) is 30.7 Å². The van der Waals surface area contributed by atoms with Gasteiger partial charge in [-0.2, -0.15) is 0 Å². The number of rotatable bonds is 3. The summed E-state index contributed by atoms with van der Waals surface area (Å²) in [5.41, 5.74) is 2.49. The van der Waals surface area contributed by atoms with Crippen LogP contribution in [0.2, 0.25) is 5.15 Å². The van der Waals surface area contributed by atoms with Crippen molar-refractivity contribution in [2.24, 2.45) is 0 Å². The van der Waals surface area contributed by atoms with Crippen molar-refractivity contribution in [1.29, 1.82) is 0 Å². The summed E-state index contributed by atoms with van der Waals surface area (Å²) in [7, 11) is 0. The number of benzene rings is 2. The standard InChI is InChI=1S/C17H13ClFNO/c1-11-6-7-14(19)9-16(11)21-10-13-8-12-4-2-3-5-15(12)20-17(13)18/h2-9H,10H2,1H3. The van der Waals surface area contributed by atoms with E-state index < -0.39 is 0 Å². The molecule has 0 aliphatic carbocycles. The zero-order chi connectivity index (χ0) is 14.8. The summed E-state index contributed by atoms with van der Waals surface area (Å²) in [6, 6.07) is 14.1. The third-order valence-electron chi connectivity index (χ3n) is 3.28. The maximum Gasteiger partial charge on any atom is 0.136 e. The fourth-order valence-electron chi connectivity index (χ4n) is 2.12. The predicted octanol–water partition coefficient (Wildman–Crippen LogP) is 4.91. The number of hydrogen-bond acceptors (Lipinski definition) is 2. The highest BCUT2D eigenvalue weighted by molar-refractivity contribution is 6.30. The molecule has 106 valence electrons. The Hall–Kier alpha value is -2.13. The molecule has 0 fully saturated rings. The molecule has 3 rings (SSSR count). The van der Waals surface area contributed by atoms with Crippen LogP contribution in [0.5, 0.6) is 5.75 Å². The third-order valence-corrected chi connectivity index (χ3v) is 3.61. The highest BCUT2D eigenvalue weighted by atomic mass is 35.5. The molecule has 0 amide bonds. The molecule has 0 aliphatic rings. The SMILES string of the molecule is Cc1ccc(F)cc1OCc1cc2ccccc2nc1Cl. The van der Waals surface area contributed by atoms with Crippen molar-refractivity contribution < 1.29 is 9.13 Å². The Balaban J connectivity index is 1.88. The second kappa shape index (κ2) is 5.70. The molecular formula is C17H13ClFNO. The highest BCUT2D eigenvalue weighted by Crippen LogP contribution is 2.24. The monoisotopic (exact) mass is 301 g/mol. The first-order valence-electron chi connectivity index (χ1n) is 6.56.